The average molecular weight is 328 g/mol. The molecule has 0 radical (unpaired) electrons. The second kappa shape index (κ2) is 6.57. The molecule has 7 nitrogen and oxygen atoms in total. The molecule has 1 amide bonds. The number of carbonyl (C=O) groups is 2. The SMILES string of the molecule is CCOc1ncccc1C(=O)Nc1cc2c(cc1C(C)=O)OCO2. The quantitative estimate of drug-likeness (QED) is 0.849. The van der Waals surface area contributed by atoms with Crippen molar-refractivity contribution in [1.82, 2.24) is 4.98 Å². The summed E-state index contributed by atoms with van der Waals surface area (Å²) in [5.41, 5.74) is 0.976. The first kappa shape index (κ1) is 15.8. The molecule has 2 heterocycles. The fourth-order valence-electron chi connectivity index (χ4n) is 2.34. The minimum atomic E-state index is -0.423. The van der Waals surface area contributed by atoms with Gasteiger partial charge in [-0.05, 0) is 32.0 Å². The Hall–Kier alpha value is -3.09. The third-order valence-corrected chi connectivity index (χ3v) is 3.44. The van der Waals surface area contributed by atoms with Crippen molar-refractivity contribution in [3.05, 3.63) is 41.6 Å². The van der Waals surface area contributed by atoms with Crippen LogP contribution in [-0.2, 0) is 0 Å². The Morgan fingerprint density at radius 2 is 2.00 bits per heavy atom. The normalized spacial score (nSPS) is 11.9. The zero-order chi connectivity index (χ0) is 17.1. The summed E-state index contributed by atoms with van der Waals surface area (Å²) in [5.74, 6) is 0.580. The fraction of sp³-hybridized carbons (Fsp3) is 0.235. The lowest BCUT2D eigenvalue weighted by molar-refractivity contribution is 0.101. The molecule has 1 aromatic heterocycles. The van der Waals surface area contributed by atoms with Crippen LogP contribution in [0.2, 0.25) is 0 Å². The first-order valence-electron chi connectivity index (χ1n) is 7.44. The molecule has 24 heavy (non-hydrogen) atoms. The van der Waals surface area contributed by atoms with Crippen molar-refractivity contribution in [2.45, 2.75) is 13.8 Å². The maximum Gasteiger partial charge on any atom is 0.261 e. The number of anilines is 1. The number of nitrogens with one attached hydrogen (secondary N) is 1. The van der Waals surface area contributed by atoms with E-state index in [1.165, 1.54) is 6.92 Å². The third-order valence-electron chi connectivity index (χ3n) is 3.44. The van der Waals surface area contributed by atoms with Gasteiger partial charge in [0.2, 0.25) is 12.7 Å². The van der Waals surface area contributed by atoms with Gasteiger partial charge in [0.05, 0.1) is 12.3 Å². The van der Waals surface area contributed by atoms with E-state index >= 15 is 0 Å². The van der Waals surface area contributed by atoms with Gasteiger partial charge in [0, 0.05) is 17.8 Å². The van der Waals surface area contributed by atoms with Crippen LogP contribution in [0.3, 0.4) is 0 Å². The summed E-state index contributed by atoms with van der Waals surface area (Å²) in [6.45, 7) is 3.70. The van der Waals surface area contributed by atoms with E-state index < -0.39 is 5.91 Å². The summed E-state index contributed by atoms with van der Waals surface area (Å²) in [6.07, 6.45) is 1.54. The summed E-state index contributed by atoms with van der Waals surface area (Å²) in [4.78, 5) is 28.5. The van der Waals surface area contributed by atoms with Gasteiger partial charge >= 0.3 is 0 Å². The summed E-state index contributed by atoms with van der Waals surface area (Å²) < 4.78 is 15.9. The summed E-state index contributed by atoms with van der Waals surface area (Å²) >= 11 is 0. The van der Waals surface area contributed by atoms with Crippen LogP contribution in [0, 0.1) is 0 Å². The van der Waals surface area contributed by atoms with Crippen molar-refractivity contribution in [3.63, 3.8) is 0 Å². The molecule has 1 N–H and O–H groups in total. The fourth-order valence-corrected chi connectivity index (χ4v) is 2.34. The van der Waals surface area contributed by atoms with Crippen LogP contribution in [0.1, 0.15) is 34.6 Å². The van der Waals surface area contributed by atoms with Crippen LogP contribution < -0.4 is 19.5 Å². The molecule has 0 saturated carbocycles. The Labute approximate surface area is 138 Å². The highest BCUT2D eigenvalue weighted by Gasteiger charge is 2.22. The summed E-state index contributed by atoms with van der Waals surface area (Å²) in [5, 5.41) is 2.72. The number of fused-ring (bicyclic) bond motifs is 1. The van der Waals surface area contributed by atoms with E-state index in [-0.39, 0.29) is 24.0 Å². The Morgan fingerprint density at radius 3 is 2.71 bits per heavy atom. The number of Topliss-reactive ketones (excluding diaryl/α,β-unsaturated/α-hetero) is 1. The molecule has 1 aliphatic rings. The highest BCUT2D eigenvalue weighted by molar-refractivity contribution is 6.10. The van der Waals surface area contributed by atoms with E-state index in [1.54, 1.807) is 30.5 Å². The maximum absolute atomic E-state index is 12.6. The largest absolute Gasteiger partial charge is 0.477 e. The molecule has 1 aromatic carbocycles. The van der Waals surface area contributed by atoms with Crippen molar-refractivity contribution in [1.29, 1.82) is 0 Å². The monoisotopic (exact) mass is 328 g/mol. The second-order valence-corrected chi connectivity index (χ2v) is 5.05. The lowest BCUT2D eigenvalue weighted by atomic mass is 10.1. The number of ether oxygens (including phenoxy) is 3. The van der Waals surface area contributed by atoms with Gasteiger partial charge in [-0.3, -0.25) is 9.59 Å². The molecule has 3 rings (SSSR count). The minimum absolute atomic E-state index is 0.0845. The maximum atomic E-state index is 12.6. The van der Waals surface area contributed by atoms with Crippen molar-refractivity contribution < 1.29 is 23.8 Å². The highest BCUT2D eigenvalue weighted by atomic mass is 16.7. The smallest absolute Gasteiger partial charge is 0.261 e. The second-order valence-electron chi connectivity index (χ2n) is 5.05. The minimum Gasteiger partial charge on any atom is -0.477 e. The van der Waals surface area contributed by atoms with E-state index in [9.17, 15) is 9.59 Å². The average Bonchev–Trinajstić information content (AvgIpc) is 3.02. The molecule has 0 spiro atoms. The predicted molar refractivity (Wildman–Crippen MR) is 85.9 cm³/mol. The Morgan fingerprint density at radius 1 is 1.25 bits per heavy atom. The number of ketones is 1. The number of pyridine rings is 1. The van der Waals surface area contributed by atoms with Gasteiger partial charge in [0.1, 0.15) is 5.56 Å². The molecule has 7 heteroatoms. The molecule has 0 bridgehead atoms. The Kier molecular flexibility index (Phi) is 4.33. The van der Waals surface area contributed by atoms with Gasteiger partial charge in [0.25, 0.3) is 5.91 Å². The molecule has 0 unspecified atom stereocenters. The molecule has 0 fully saturated rings. The number of aromatic nitrogens is 1. The van der Waals surface area contributed by atoms with Crippen molar-refractivity contribution in [3.8, 4) is 17.4 Å². The summed E-state index contributed by atoms with van der Waals surface area (Å²) in [6, 6.07) is 6.39. The number of benzene rings is 1. The van der Waals surface area contributed by atoms with E-state index in [4.69, 9.17) is 14.2 Å². The van der Waals surface area contributed by atoms with Crippen LogP contribution in [0.15, 0.2) is 30.5 Å². The molecule has 1 aliphatic heterocycles. The van der Waals surface area contributed by atoms with E-state index in [0.717, 1.165) is 0 Å². The number of rotatable bonds is 5. The topological polar surface area (TPSA) is 86.8 Å². The molecular formula is C17H16N2O5. The van der Waals surface area contributed by atoms with Crippen LogP contribution >= 0.6 is 0 Å². The highest BCUT2D eigenvalue weighted by Crippen LogP contribution is 2.37. The van der Waals surface area contributed by atoms with E-state index in [2.05, 4.69) is 10.3 Å². The lowest BCUT2D eigenvalue weighted by Crippen LogP contribution is -2.16. The van der Waals surface area contributed by atoms with Gasteiger partial charge in [-0.25, -0.2) is 4.98 Å². The number of hydrogen-bond donors (Lipinski definition) is 1. The van der Waals surface area contributed by atoms with Crippen molar-refractivity contribution in [2.24, 2.45) is 0 Å². The first-order valence-corrected chi connectivity index (χ1v) is 7.44. The van der Waals surface area contributed by atoms with E-state index in [0.29, 0.717) is 29.4 Å². The molecule has 0 saturated heterocycles. The third kappa shape index (κ3) is 3.01. The standard InChI is InChI=1S/C17H16N2O5/c1-3-22-17-11(5-4-6-18-17)16(21)19-13-8-15-14(23-9-24-15)7-12(13)10(2)20/h4-8H,3,9H2,1-2H3,(H,19,21). The predicted octanol–water partition coefficient (Wildman–Crippen LogP) is 2.66. The van der Waals surface area contributed by atoms with Gasteiger partial charge in [0.15, 0.2) is 17.3 Å². The lowest BCUT2D eigenvalue weighted by Gasteiger charge is -2.12. The number of hydrogen-bond acceptors (Lipinski definition) is 6. The van der Waals surface area contributed by atoms with Crippen LogP contribution in [0.4, 0.5) is 5.69 Å². The van der Waals surface area contributed by atoms with Crippen molar-refractivity contribution in [2.75, 3.05) is 18.7 Å². The van der Waals surface area contributed by atoms with Crippen molar-refractivity contribution >= 4 is 17.4 Å². The number of amides is 1. The van der Waals surface area contributed by atoms with Gasteiger partial charge in [-0.2, -0.15) is 0 Å². The molecule has 0 atom stereocenters. The Bertz CT molecular complexity index is 804. The van der Waals surface area contributed by atoms with Gasteiger partial charge < -0.3 is 19.5 Å². The van der Waals surface area contributed by atoms with Crippen LogP contribution in [0.5, 0.6) is 17.4 Å². The zero-order valence-electron chi connectivity index (χ0n) is 13.3. The first-order chi connectivity index (χ1) is 11.6. The summed E-state index contributed by atoms with van der Waals surface area (Å²) in [7, 11) is 0. The van der Waals surface area contributed by atoms with Gasteiger partial charge in [-0.1, -0.05) is 0 Å². The molecule has 2 aromatic rings. The van der Waals surface area contributed by atoms with E-state index in [1.807, 2.05) is 6.92 Å². The molecular weight excluding hydrogens is 312 g/mol. The molecule has 124 valence electrons. The molecule has 0 aliphatic carbocycles. The van der Waals surface area contributed by atoms with Gasteiger partial charge in [-0.15, -0.1) is 0 Å². The van der Waals surface area contributed by atoms with Crippen LogP contribution in [-0.4, -0.2) is 30.1 Å². The zero-order valence-corrected chi connectivity index (χ0v) is 13.3. The van der Waals surface area contributed by atoms with Crippen LogP contribution in [0.25, 0.3) is 0 Å². The number of nitrogens with zero attached hydrogens (tertiary/aromatic N) is 1. The Balaban J connectivity index is 1.94. The number of carbonyl (C=O) groups excluding carboxylic acids is 2.